The number of hydrogen-bond donors (Lipinski definition) is 1. The normalized spacial score (nSPS) is 15.8. The molecule has 1 aromatic heterocycles. The Morgan fingerprint density at radius 1 is 1.44 bits per heavy atom. The van der Waals surface area contributed by atoms with Crippen LogP contribution in [0, 0.1) is 0 Å². The second-order valence-electron chi connectivity index (χ2n) is 5.01. The van der Waals surface area contributed by atoms with Gasteiger partial charge in [0.25, 0.3) is 0 Å². The van der Waals surface area contributed by atoms with Gasteiger partial charge >= 0.3 is 0 Å². The van der Waals surface area contributed by atoms with Crippen molar-refractivity contribution >= 4 is 0 Å². The quantitative estimate of drug-likeness (QED) is 0.852. The first-order valence-corrected chi connectivity index (χ1v) is 5.77. The van der Waals surface area contributed by atoms with Gasteiger partial charge in [0.2, 0.25) is 0 Å². The van der Waals surface area contributed by atoms with E-state index in [2.05, 4.69) is 11.9 Å². The SMILES string of the molecule is CCC(N)C(OC(C)(C)C)c1cccnc1. The number of nitrogens with two attached hydrogens (primary N) is 1. The fourth-order valence-electron chi connectivity index (χ4n) is 1.54. The van der Waals surface area contributed by atoms with E-state index in [9.17, 15) is 0 Å². The fourth-order valence-corrected chi connectivity index (χ4v) is 1.54. The Morgan fingerprint density at radius 2 is 2.12 bits per heavy atom. The molecule has 3 nitrogen and oxygen atoms in total. The topological polar surface area (TPSA) is 48.1 Å². The fraction of sp³-hybridized carbons (Fsp3) is 0.615. The third-order valence-corrected chi connectivity index (χ3v) is 2.35. The van der Waals surface area contributed by atoms with Crippen molar-refractivity contribution in [3.63, 3.8) is 0 Å². The zero-order valence-electron chi connectivity index (χ0n) is 10.6. The van der Waals surface area contributed by atoms with Gasteiger partial charge in [-0.3, -0.25) is 4.98 Å². The van der Waals surface area contributed by atoms with Crippen LogP contribution in [0.2, 0.25) is 0 Å². The minimum absolute atomic E-state index is 0.00317. The average molecular weight is 222 g/mol. The molecule has 0 radical (unpaired) electrons. The van der Waals surface area contributed by atoms with E-state index in [-0.39, 0.29) is 17.7 Å². The summed E-state index contributed by atoms with van der Waals surface area (Å²) in [5, 5.41) is 0. The molecule has 0 bridgehead atoms. The molecular formula is C13H22N2O. The van der Waals surface area contributed by atoms with Crippen molar-refractivity contribution in [1.29, 1.82) is 0 Å². The first kappa shape index (κ1) is 13.1. The summed E-state index contributed by atoms with van der Waals surface area (Å²) in [4.78, 5) is 4.12. The van der Waals surface area contributed by atoms with E-state index in [1.807, 2.05) is 39.1 Å². The molecule has 3 heteroatoms. The Hall–Kier alpha value is -0.930. The summed E-state index contributed by atoms with van der Waals surface area (Å²) in [7, 11) is 0. The van der Waals surface area contributed by atoms with Crippen molar-refractivity contribution in [1.82, 2.24) is 4.98 Å². The number of nitrogens with zero attached hydrogens (tertiary/aromatic N) is 1. The van der Waals surface area contributed by atoms with Gasteiger partial charge in [-0.25, -0.2) is 0 Å². The van der Waals surface area contributed by atoms with E-state index in [4.69, 9.17) is 10.5 Å². The minimum Gasteiger partial charge on any atom is -0.366 e. The molecular weight excluding hydrogens is 200 g/mol. The molecule has 90 valence electrons. The van der Waals surface area contributed by atoms with Crippen LogP contribution in [0.3, 0.4) is 0 Å². The highest BCUT2D eigenvalue weighted by Crippen LogP contribution is 2.26. The lowest BCUT2D eigenvalue weighted by Gasteiger charge is -2.31. The summed E-state index contributed by atoms with van der Waals surface area (Å²) in [6.07, 6.45) is 4.38. The molecule has 2 N–H and O–H groups in total. The summed E-state index contributed by atoms with van der Waals surface area (Å²) < 4.78 is 6.01. The van der Waals surface area contributed by atoms with Gasteiger partial charge in [-0.2, -0.15) is 0 Å². The van der Waals surface area contributed by atoms with E-state index in [0.717, 1.165) is 12.0 Å². The molecule has 0 aromatic carbocycles. The molecule has 0 saturated carbocycles. The lowest BCUT2D eigenvalue weighted by molar-refractivity contribution is -0.0729. The highest BCUT2D eigenvalue weighted by molar-refractivity contribution is 5.14. The predicted octanol–water partition coefficient (Wildman–Crippen LogP) is 2.68. The van der Waals surface area contributed by atoms with E-state index < -0.39 is 0 Å². The second-order valence-corrected chi connectivity index (χ2v) is 5.01. The molecule has 0 amide bonds. The third kappa shape index (κ3) is 3.91. The van der Waals surface area contributed by atoms with E-state index in [1.165, 1.54) is 0 Å². The van der Waals surface area contributed by atoms with Gasteiger partial charge in [-0.1, -0.05) is 13.0 Å². The Labute approximate surface area is 98.0 Å². The Morgan fingerprint density at radius 3 is 2.56 bits per heavy atom. The maximum Gasteiger partial charge on any atom is 0.0997 e. The van der Waals surface area contributed by atoms with Gasteiger partial charge in [0.1, 0.15) is 0 Å². The molecule has 1 rings (SSSR count). The van der Waals surface area contributed by atoms with Gasteiger partial charge in [-0.05, 0) is 33.3 Å². The molecule has 0 spiro atoms. The summed E-state index contributed by atoms with van der Waals surface area (Å²) in [6.45, 7) is 8.19. The van der Waals surface area contributed by atoms with Crippen molar-refractivity contribution in [2.24, 2.45) is 5.73 Å². The summed E-state index contributed by atoms with van der Waals surface area (Å²) in [5.74, 6) is 0. The smallest absolute Gasteiger partial charge is 0.0997 e. The van der Waals surface area contributed by atoms with Crippen molar-refractivity contribution in [2.75, 3.05) is 0 Å². The van der Waals surface area contributed by atoms with Gasteiger partial charge in [0.15, 0.2) is 0 Å². The predicted molar refractivity (Wildman–Crippen MR) is 66.1 cm³/mol. The number of pyridine rings is 1. The first-order valence-electron chi connectivity index (χ1n) is 5.77. The van der Waals surface area contributed by atoms with Crippen LogP contribution in [0.5, 0.6) is 0 Å². The van der Waals surface area contributed by atoms with E-state index in [1.54, 1.807) is 6.20 Å². The average Bonchev–Trinajstić information content (AvgIpc) is 2.25. The van der Waals surface area contributed by atoms with Crippen LogP contribution >= 0.6 is 0 Å². The molecule has 16 heavy (non-hydrogen) atoms. The van der Waals surface area contributed by atoms with Crippen molar-refractivity contribution < 1.29 is 4.74 Å². The summed E-state index contributed by atoms with van der Waals surface area (Å²) in [6, 6.07) is 3.93. The molecule has 2 unspecified atom stereocenters. The molecule has 0 fully saturated rings. The van der Waals surface area contributed by atoms with Crippen LogP contribution in [0.4, 0.5) is 0 Å². The van der Waals surface area contributed by atoms with Crippen LogP contribution in [-0.4, -0.2) is 16.6 Å². The van der Waals surface area contributed by atoms with Gasteiger partial charge in [0, 0.05) is 24.0 Å². The van der Waals surface area contributed by atoms with Crippen molar-refractivity contribution in [3.8, 4) is 0 Å². The molecule has 0 aliphatic carbocycles. The highest BCUT2D eigenvalue weighted by Gasteiger charge is 2.25. The van der Waals surface area contributed by atoms with E-state index >= 15 is 0 Å². The second kappa shape index (κ2) is 5.41. The highest BCUT2D eigenvalue weighted by atomic mass is 16.5. The van der Waals surface area contributed by atoms with Crippen LogP contribution in [0.15, 0.2) is 24.5 Å². The van der Waals surface area contributed by atoms with Crippen LogP contribution in [0.1, 0.15) is 45.8 Å². The zero-order valence-corrected chi connectivity index (χ0v) is 10.6. The van der Waals surface area contributed by atoms with Gasteiger partial charge in [0.05, 0.1) is 11.7 Å². The molecule has 1 aromatic rings. The first-order chi connectivity index (χ1) is 7.44. The Bertz CT molecular complexity index is 305. The van der Waals surface area contributed by atoms with Gasteiger partial charge < -0.3 is 10.5 Å². The van der Waals surface area contributed by atoms with Gasteiger partial charge in [-0.15, -0.1) is 0 Å². The van der Waals surface area contributed by atoms with Crippen LogP contribution in [-0.2, 0) is 4.74 Å². The lowest BCUT2D eigenvalue weighted by atomic mass is 10.0. The third-order valence-electron chi connectivity index (χ3n) is 2.35. The summed E-state index contributed by atoms with van der Waals surface area (Å²) >= 11 is 0. The molecule has 0 saturated heterocycles. The number of ether oxygens (including phenoxy) is 1. The van der Waals surface area contributed by atoms with Crippen molar-refractivity contribution in [3.05, 3.63) is 30.1 Å². The lowest BCUT2D eigenvalue weighted by Crippen LogP contribution is -2.35. The van der Waals surface area contributed by atoms with E-state index in [0.29, 0.717) is 0 Å². The monoisotopic (exact) mass is 222 g/mol. The standard InChI is InChI=1S/C13H22N2O/c1-5-11(14)12(16-13(2,3)4)10-7-6-8-15-9-10/h6-9,11-12H,5,14H2,1-4H3. The van der Waals surface area contributed by atoms with Crippen LogP contribution in [0.25, 0.3) is 0 Å². The van der Waals surface area contributed by atoms with Crippen LogP contribution < -0.4 is 5.73 Å². The zero-order chi connectivity index (χ0) is 12.2. The summed E-state index contributed by atoms with van der Waals surface area (Å²) in [5.41, 5.74) is 6.95. The Kier molecular flexibility index (Phi) is 4.44. The van der Waals surface area contributed by atoms with Crippen molar-refractivity contribution in [2.45, 2.75) is 51.9 Å². The number of aromatic nitrogens is 1. The number of rotatable bonds is 4. The maximum absolute atomic E-state index is 6.10. The number of hydrogen-bond acceptors (Lipinski definition) is 3. The Balaban J connectivity index is 2.88. The minimum atomic E-state index is -0.201. The molecule has 0 aliphatic heterocycles. The largest absolute Gasteiger partial charge is 0.366 e. The molecule has 2 atom stereocenters. The molecule has 1 heterocycles. The maximum atomic E-state index is 6.10. The molecule has 0 aliphatic rings.